The number of likely N-dealkylation sites (tertiary alicyclic amines) is 1. The fourth-order valence-electron chi connectivity index (χ4n) is 6.01. The summed E-state index contributed by atoms with van der Waals surface area (Å²) in [5.41, 5.74) is 0.796. The molecule has 12 nitrogen and oxygen atoms in total. The third kappa shape index (κ3) is 7.79. The number of nitrogens with zero attached hydrogens (tertiary/aromatic N) is 5. The van der Waals surface area contributed by atoms with E-state index in [2.05, 4.69) is 16.2 Å². The SMILES string of the molecule is C#CC[N+](c1ccccc1)(c1cnc(N(CC)CC)nc1N[C@@H](Cc1ccc(OC(=O)N2CCCC2)cc1)C(=O)O)S(=O)(=O)c1ccc(F)cc1. The highest BCUT2D eigenvalue weighted by Gasteiger charge is 2.50. The van der Waals surface area contributed by atoms with Crippen molar-refractivity contribution >= 4 is 45.2 Å². The Hall–Kier alpha value is -5.52. The number of anilines is 2. The Morgan fingerprint density at radius 3 is 2.27 bits per heavy atom. The number of aromatic nitrogens is 2. The zero-order chi connectivity index (χ0) is 36.6. The standard InChI is InChI=1S/C37H39FN6O6S/c1-4-24-44(29-12-8-7-9-13-29,51(48,49)31-20-16-28(38)17-21-31)33-26-39-36(42(5-2)6-3)41-34(33)40-32(35(45)46)25-27-14-18-30(19-15-27)50-37(47)43-22-10-11-23-43/h1,7-9,12-21,26,32H,5-6,10-11,22-25H2,2-3H3,(H-,39,40,41,45,46)/p+1/t32-,44?/m0/s1. The Labute approximate surface area is 297 Å². The van der Waals surface area contributed by atoms with E-state index in [0.717, 1.165) is 37.1 Å². The molecule has 14 heteroatoms. The molecular formula is C37H40FN6O6S+. The van der Waals surface area contributed by atoms with E-state index in [1.165, 1.54) is 6.20 Å². The van der Waals surface area contributed by atoms with Crippen molar-refractivity contribution in [2.75, 3.05) is 42.9 Å². The molecule has 51 heavy (non-hydrogen) atoms. The van der Waals surface area contributed by atoms with Gasteiger partial charge in [-0.2, -0.15) is 13.4 Å². The number of terminal acetylenes is 1. The maximum Gasteiger partial charge on any atom is 0.415 e. The van der Waals surface area contributed by atoms with Crippen molar-refractivity contribution in [1.29, 1.82) is 0 Å². The molecule has 2 N–H and O–H groups in total. The van der Waals surface area contributed by atoms with Crippen LogP contribution in [0.1, 0.15) is 32.3 Å². The van der Waals surface area contributed by atoms with E-state index in [1.807, 2.05) is 18.7 Å². The van der Waals surface area contributed by atoms with Crippen LogP contribution in [-0.4, -0.2) is 79.2 Å². The molecule has 1 aromatic heterocycles. The van der Waals surface area contributed by atoms with E-state index in [0.29, 0.717) is 37.5 Å². The molecule has 1 unspecified atom stereocenters. The minimum Gasteiger partial charge on any atom is -0.480 e. The number of hydrogen-bond acceptors (Lipinski definition) is 9. The predicted octanol–water partition coefficient (Wildman–Crippen LogP) is 5.83. The van der Waals surface area contributed by atoms with Gasteiger partial charge in [-0.3, -0.25) is 0 Å². The van der Waals surface area contributed by atoms with E-state index in [4.69, 9.17) is 16.1 Å². The smallest absolute Gasteiger partial charge is 0.415 e. The summed E-state index contributed by atoms with van der Waals surface area (Å²) in [6, 6.07) is 17.8. The van der Waals surface area contributed by atoms with Crippen molar-refractivity contribution in [3.63, 3.8) is 0 Å². The number of nitrogens with one attached hydrogen (secondary N) is 1. The monoisotopic (exact) mass is 715 g/mol. The third-order valence-electron chi connectivity index (χ3n) is 8.74. The van der Waals surface area contributed by atoms with Crippen molar-refractivity contribution in [2.24, 2.45) is 0 Å². The van der Waals surface area contributed by atoms with Crippen LogP contribution >= 0.6 is 0 Å². The lowest BCUT2D eigenvalue weighted by Crippen LogP contribution is -2.50. The van der Waals surface area contributed by atoms with Crippen LogP contribution in [0.5, 0.6) is 5.75 Å². The number of amides is 1. The van der Waals surface area contributed by atoms with Crippen LogP contribution in [0.3, 0.4) is 0 Å². The van der Waals surface area contributed by atoms with Crippen LogP contribution in [-0.2, 0) is 21.2 Å². The van der Waals surface area contributed by atoms with Gasteiger partial charge >= 0.3 is 22.1 Å². The summed E-state index contributed by atoms with van der Waals surface area (Å²) < 4.78 is 48.2. The summed E-state index contributed by atoms with van der Waals surface area (Å²) in [6.45, 7) is 5.68. The van der Waals surface area contributed by atoms with Crippen molar-refractivity contribution in [2.45, 2.75) is 44.0 Å². The van der Waals surface area contributed by atoms with Crippen LogP contribution in [0.4, 0.5) is 32.3 Å². The van der Waals surface area contributed by atoms with E-state index in [-0.39, 0.29) is 34.5 Å². The van der Waals surface area contributed by atoms with Crippen molar-refractivity contribution in [3.8, 4) is 18.1 Å². The predicted molar refractivity (Wildman–Crippen MR) is 193 cm³/mol. The van der Waals surface area contributed by atoms with E-state index >= 15 is 0 Å². The number of para-hydroxylation sites is 1. The molecule has 3 aromatic carbocycles. The first-order valence-corrected chi connectivity index (χ1v) is 18.0. The van der Waals surface area contributed by atoms with E-state index in [1.54, 1.807) is 59.5 Å². The van der Waals surface area contributed by atoms with Crippen LogP contribution < -0.4 is 18.8 Å². The fraction of sp³-hybridized carbons (Fsp3) is 0.297. The molecule has 0 bridgehead atoms. The molecule has 1 aliphatic heterocycles. The first kappa shape index (κ1) is 36.8. The second kappa shape index (κ2) is 16.0. The first-order valence-electron chi connectivity index (χ1n) is 16.6. The summed E-state index contributed by atoms with van der Waals surface area (Å²) in [6.07, 6.45) is 8.61. The Kier molecular flexibility index (Phi) is 11.5. The fourth-order valence-corrected chi connectivity index (χ4v) is 7.88. The van der Waals surface area contributed by atoms with Gasteiger partial charge in [0.05, 0.1) is 6.20 Å². The van der Waals surface area contributed by atoms with Gasteiger partial charge in [-0.25, -0.2) is 19.0 Å². The Balaban J connectivity index is 1.61. The van der Waals surface area contributed by atoms with Gasteiger partial charge in [0.25, 0.3) is 0 Å². The topological polar surface area (TPSA) is 142 Å². The quantitative estimate of drug-likeness (QED) is 0.121. The number of rotatable bonds is 14. The lowest BCUT2D eigenvalue weighted by atomic mass is 10.1. The minimum atomic E-state index is -4.55. The van der Waals surface area contributed by atoms with Crippen molar-refractivity contribution < 1.29 is 32.2 Å². The Morgan fingerprint density at radius 1 is 1.04 bits per heavy atom. The lowest BCUT2D eigenvalue weighted by Gasteiger charge is -2.35. The Morgan fingerprint density at radius 2 is 1.69 bits per heavy atom. The van der Waals surface area contributed by atoms with Gasteiger partial charge < -0.3 is 25.0 Å². The molecular weight excluding hydrogens is 676 g/mol. The molecule has 1 saturated heterocycles. The molecule has 2 atom stereocenters. The number of carboxylic acids is 1. The highest BCUT2D eigenvalue weighted by atomic mass is 32.2. The van der Waals surface area contributed by atoms with Gasteiger partial charge in [0.2, 0.25) is 11.6 Å². The normalized spacial score (nSPS) is 14.6. The molecule has 2 heterocycles. The summed E-state index contributed by atoms with van der Waals surface area (Å²) in [5.74, 6) is 1.14. The summed E-state index contributed by atoms with van der Waals surface area (Å²) in [5, 5.41) is 13.5. The largest absolute Gasteiger partial charge is 0.480 e. The minimum absolute atomic E-state index is 0.0326. The van der Waals surface area contributed by atoms with E-state index < -0.39 is 44.4 Å². The number of aliphatic carboxylic acids is 1. The number of hydrogen-bond donors (Lipinski definition) is 2. The van der Waals surface area contributed by atoms with Crippen LogP contribution in [0.25, 0.3) is 0 Å². The van der Waals surface area contributed by atoms with Crippen molar-refractivity contribution in [3.05, 3.63) is 96.4 Å². The molecule has 0 saturated carbocycles. The lowest BCUT2D eigenvalue weighted by molar-refractivity contribution is -0.137. The summed E-state index contributed by atoms with van der Waals surface area (Å²) in [4.78, 5) is 37.8. The van der Waals surface area contributed by atoms with Crippen LogP contribution in [0.15, 0.2) is 90.0 Å². The van der Waals surface area contributed by atoms with Crippen LogP contribution in [0, 0.1) is 18.2 Å². The second-order valence-electron chi connectivity index (χ2n) is 11.9. The maximum absolute atomic E-state index is 14.8. The first-order chi connectivity index (χ1) is 24.5. The molecule has 1 aliphatic rings. The number of sulfonamides is 1. The van der Waals surface area contributed by atoms with Gasteiger partial charge in [0, 0.05) is 44.7 Å². The van der Waals surface area contributed by atoms with Gasteiger partial charge in [-0.05, 0) is 74.6 Å². The molecule has 1 amide bonds. The number of quaternary nitrogens is 1. The van der Waals surface area contributed by atoms with E-state index in [9.17, 15) is 27.5 Å². The second-order valence-corrected chi connectivity index (χ2v) is 13.9. The zero-order valence-electron chi connectivity index (χ0n) is 28.4. The van der Waals surface area contributed by atoms with Crippen molar-refractivity contribution in [1.82, 2.24) is 18.8 Å². The average molecular weight is 716 g/mol. The molecule has 0 radical (unpaired) electrons. The number of carbonyl (C=O) groups excluding carboxylic acids is 1. The summed E-state index contributed by atoms with van der Waals surface area (Å²) in [7, 11) is -4.55. The molecule has 0 spiro atoms. The molecule has 4 aromatic rings. The molecule has 266 valence electrons. The number of halogens is 1. The number of carbonyl (C=O) groups is 2. The van der Waals surface area contributed by atoms with Gasteiger partial charge in [-0.15, -0.1) is 10.3 Å². The third-order valence-corrected chi connectivity index (χ3v) is 11.0. The highest BCUT2D eigenvalue weighted by molar-refractivity contribution is 7.91. The van der Waals surface area contributed by atoms with Gasteiger partial charge in [0.15, 0.2) is 18.1 Å². The maximum atomic E-state index is 14.8. The van der Waals surface area contributed by atoms with Gasteiger partial charge in [0.1, 0.15) is 22.5 Å². The molecule has 1 fully saturated rings. The molecule has 0 aliphatic carbocycles. The number of benzene rings is 3. The highest BCUT2D eigenvalue weighted by Crippen LogP contribution is 2.45. The Bertz CT molecular complexity index is 1980. The molecule has 5 rings (SSSR count). The number of ether oxygens (including phenoxy) is 1. The van der Waals surface area contributed by atoms with Gasteiger partial charge in [-0.1, -0.05) is 30.3 Å². The number of carboxylic acid groups (broad SMARTS) is 1. The summed E-state index contributed by atoms with van der Waals surface area (Å²) >= 11 is 0. The average Bonchev–Trinajstić information content (AvgIpc) is 3.68. The van der Waals surface area contributed by atoms with Crippen LogP contribution in [0.2, 0.25) is 0 Å². The zero-order valence-corrected chi connectivity index (χ0v) is 29.2.